The van der Waals surface area contributed by atoms with Gasteiger partial charge in [0.15, 0.2) is 0 Å². The van der Waals surface area contributed by atoms with Gasteiger partial charge < -0.3 is 5.32 Å². The Balaban J connectivity index is 1.89. The lowest BCUT2D eigenvalue weighted by Gasteiger charge is -2.20. The number of hydrogen-bond donors (Lipinski definition) is 1. The highest BCUT2D eigenvalue weighted by atomic mass is 32.1. The van der Waals surface area contributed by atoms with Crippen molar-refractivity contribution in [2.24, 2.45) is 5.92 Å². The van der Waals surface area contributed by atoms with Crippen molar-refractivity contribution in [2.45, 2.75) is 25.8 Å². The molecular formula is C15H16FNS. The van der Waals surface area contributed by atoms with Crippen LogP contribution in [0.25, 0.3) is 0 Å². The lowest BCUT2D eigenvalue weighted by atomic mass is 10.1. The summed E-state index contributed by atoms with van der Waals surface area (Å²) in [7, 11) is 0. The van der Waals surface area contributed by atoms with E-state index >= 15 is 0 Å². The number of halogens is 1. The number of rotatable bonds is 4. The van der Waals surface area contributed by atoms with Crippen molar-refractivity contribution in [3.8, 4) is 0 Å². The van der Waals surface area contributed by atoms with E-state index in [1.807, 2.05) is 13.0 Å². The van der Waals surface area contributed by atoms with Crippen LogP contribution in [-0.2, 0) is 0 Å². The third-order valence-electron chi connectivity index (χ3n) is 3.46. The van der Waals surface area contributed by atoms with Gasteiger partial charge in [0.2, 0.25) is 0 Å². The summed E-state index contributed by atoms with van der Waals surface area (Å²) in [5, 5.41) is 5.50. The number of anilines is 1. The highest BCUT2D eigenvalue weighted by molar-refractivity contribution is 7.10. The highest BCUT2D eigenvalue weighted by Crippen LogP contribution is 2.44. The Bertz CT molecular complexity index is 511. The van der Waals surface area contributed by atoms with Crippen molar-refractivity contribution < 1.29 is 4.39 Å². The highest BCUT2D eigenvalue weighted by Gasteiger charge is 2.33. The molecule has 1 nitrogen and oxygen atoms in total. The molecule has 1 heterocycles. The maximum absolute atomic E-state index is 13.9. The summed E-state index contributed by atoms with van der Waals surface area (Å²) in [6, 6.07) is 9.69. The zero-order chi connectivity index (χ0) is 12.5. The molecule has 0 amide bonds. The number of hydrogen-bond acceptors (Lipinski definition) is 2. The second-order valence-corrected chi connectivity index (χ2v) is 5.89. The van der Waals surface area contributed by atoms with Crippen molar-refractivity contribution in [1.82, 2.24) is 0 Å². The first-order valence-electron chi connectivity index (χ1n) is 6.31. The van der Waals surface area contributed by atoms with E-state index < -0.39 is 0 Å². The summed E-state index contributed by atoms with van der Waals surface area (Å²) in [4.78, 5) is 1.31. The van der Waals surface area contributed by atoms with Crippen LogP contribution in [0.4, 0.5) is 10.1 Å². The fourth-order valence-electron chi connectivity index (χ4n) is 2.29. The molecule has 2 aromatic rings. The third-order valence-corrected chi connectivity index (χ3v) is 4.42. The van der Waals surface area contributed by atoms with Crippen molar-refractivity contribution in [1.29, 1.82) is 0 Å². The molecule has 1 fully saturated rings. The second kappa shape index (κ2) is 4.73. The molecule has 0 spiro atoms. The number of nitrogens with one attached hydrogen (secondary N) is 1. The van der Waals surface area contributed by atoms with Gasteiger partial charge in [-0.3, -0.25) is 0 Å². The largest absolute Gasteiger partial charge is 0.375 e. The summed E-state index contributed by atoms with van der Waals surface area (Å²) >= 11 is 1.75. The van der Waals surface area contributed by atoms with Gasteiger partial charge in [0.1, 0.15) is 5.82 Å². The Morgan fingerprint density at radius 2 is 2.11 bits per heavy atom. The number of benzene rings is 1. The number of thiophene rings is 1. The van der Waals surface area contributed by atoms with Crippen LogP contribution in [0.15, 0.2) is 35.7 Å². The van der Waals surface area contributed by atoms with Gasteiger partial charge in [0.05, 0.1) is 11.7 Å². The van der Waals surface area contributed by atoms with Crippen LogP contribution in [0.3, 0.4) is 0 Å². The predicted octanol–water partition coefficient (Wildman–Crippen LogP) is 4.76. The summed E-state index contributed by atoms with van der Waals surface area (Å²) < 4.78 is 13.9. The molecular weight excluding hydrogens is 245 g/mol. The maximum atomic E-state index is 13.9. The number of aryl methyl sites for hydroxylation is 1. The molecule has 18 heavy (non-hydrogen) atoms. The van der Waals surface area contributed by atoms with Crippen molar-refractivity contribution >= 4 is 17.0 Å². The third kappa shape index (κ3) is 2.27. The summed E-state index contributed by atoms with van der Waals surface area (Å²) in [6.07, 6.45) is 2.48. The molecule has 0 saturated heterocycles. The molecule has 1 saturated carbocycles. The van der Waals surface area contributed by atoms with Crippen LogP contribution in [-0.4, -0.2) is 0 Å². The van der Waals surface area contributed by atoms with Gasteiger partial charge in [-0.05, 0) is 48.8 Å². The van der Waals surface area contributed by atoms with Crippen LogP contribution in [0, 0.1) is 18.7 Å². The molecule has 3 heteroatoms. The Labute approximate surface area is 111 Å². The summed E-state index contributed by atoms with van der Waals surface area (Å²) in [6.45, 7) is 1.95. The average Bonchev–Trinajstić information content (AvgIpc) is 3.04. The van der Waals surface area contributed by atoms with E-state index in [9.17, 15) is 4.39 Å². The standard InChI is InChI=1S/C15H16FNS/c1-10-4-2-5-12(16)14(10)17-15(11-7-8-11)13-6-3-9-18-13/h2-6,9,11,15,17H,7-8H2,1H3. The van der Waals surface area contributed by atoms with E-state index in [1.165, 1.54) is 23.8 Å². The number of para-hydroxylation sites is 1. The van der Waals surface area contributed by atoms with Crippen LogP contribution < -0.4 is 5.32 Å². The molecule has 0 bridgehead atoms. The van der Waals surface area contributed by atoms with Crippen molar-refractivity contribution in [3.05, 3.63) is 52.0 Å². The minimum Gasteiger partial charge on any atom is -0.375 e. The zero-order valence-corrected chi connectivity index (χ0v) is 11.1. The van der Waals surface area contributed by atoms with Crippen LogP contribution in [0.2, 0.25) is 0 Å². The molecule has 1 aromatic heterocycles. The first-order valence-corrected chi connectivity index (χ1v) is 7.19. The first kappa shape index (κ1) is 11.7. The van der Waals surface area contributed by atoms with Gasteiger partial charge in [0, 0.05) is 4.88 Å². The van der Waals surface area contributed by atoms with Crippen LogP contribution >= 0.6 is 11.3 Å². The lowest BCUT2D eigenvalue weighted by Crippen LogP contribution is -2.13. The second-order valence-electron chi connectivity index (χ2n) is 4.91. The Morgan fingerprint density at radius 3 is 2.72 bits per heavy atom. The molecule has 3 rings (SSSR count). The van der Waals surface area contributed by atoms with Crippen molar-refractivity contribution in [2.75, 3.05) is 5.32 Å². The molecule has 1 aliphatic carbocycles. The molecule has 1 aliphatic rings. The van der Waals surface area contributed by atoms with E-state index in [2.05, 4.69) is 22.8 Å². The fourth-order valence-corrected chi connectivity index (χ4v) is 3.16. The van der Waals surface area contributed by atoms with Gasteiger partial charge in [-0.1, -0.05) is 18.2 Å². The summed E-state index contributed by atoms with van der Waals surface area (Å²) in [5.41, 5.74) is 1.63. The molecule has 1 atom stereocenters. The normalized spacial score (nSPS) is 16.6. The molecule has 1 aromatic carbocycles. The SMILES string of the molecule is Cc1cccc(F)c1NC(c1cccs1)C1CC1. The summed E-state index contributed by atoms with van der Waals surface area (Å²) in [5.74, 6) is 0.500. The smallest absolute Gasteiger partial charge is 0.146 e. The van der Waals surface area contributed by atoms with Gasteiger partial charge in [-0.2, -0.15) is 0 Å². The quantitative estimate of drug-likeness (QED) is 0.836. The fraction of sp³-hybridized carbons (Fsp3) is 0.333. The van der Waals surface area contributed by atoms with Crippen LogP contribution in [0.5, 0.6) is 0 Å². The average molecular weight is 261 g/mol. The molecule has 0 aliphatic heterocycles. The Morgan fingerprint density at radius 1 is 1.28 bits per heavy atom. The van der Waals surface area contributed by atoms with Gasteiger partial charge in [-0.25, -0.2) is 4.39 Å². The van der Waals surface area contributed by atoms with Crippen molar-refractivity contribution in [3.63, 3.8) is 0 Å². The van der Waals surface area contributed by atoms with E-state index in [0.29, 0.717) is 11.6 Å². The first-order chi connectivity index (χ1) is 8.75. The van der Waals surface area contributed by atoms with Gasteiger partial charge >= 0.3 is 0 Å². The minimum atomic E-state index is -0.155. The molecule has 1 unspecified atom stereocenters. The zero-order valence-electron chi connectivity index (χ0n) is 10.3. The van der Waals surface area contributed by atoms with Crippen LogP contribution in [0.1, 0.15) is 29.3 Å². The van der Waals surface area contributed by atoms with E-state index in [4.69, 9.17) is 0 Å². The van der Waals surface area contributed by atoms with Gasteiger partial charge in [-0.15, -0.1) is 11.3 Å². The maximum Gasteiger partial charge on any atom is 0.146 e. The lowest BCUT2D eigenvalue weighted by molar-refractivity contribution is 0.617. The Hall–Kier alpha value is -1.35. The molecule has 94 valence electrons. The monoisotopic (exact) mass is 261 g/mol. The predicted molar refractivity (Wildman–Crippen MR) is 74.5 cm³/mol. The Kier molecular flexibility index (Phi) is 3.08. The molecule has 1 N–H and O–H groups in total. The minimum absolute atomic E-state index is 0.155. The van der Waals surface area contributed by atoms with Gasteiger partial charge in [0.25, 0.3) is 0 Å². The topological polar surface area (TPSA) is 12.0 Å². The molecule has 0 radical (unpaired) electrons. The van der Waals surface area contributed by atoms with E-state index in [0.717, 1.165) is 5.56 Å². The van der Waals surface area contributed by atoms with E-state index in [1.54, 1.807) is 17.4 Å². The van der Waals surface area contributed by atoms with E-state index in [-0.39, 0.29) is 11.9 Å².